The Hall–Kier alpha value is -5.36. The predicted octanol–water partition coefficient (Wildman–Crippen LogP) is 6.87. The molecule has 6 rings (SSSR count). The fourth-order valence-electron chi connectivity index (χ4n) is 4.62. The molecule has 4 aromatic carbocycles. The second-order valence-electron chi connectivity index (χ2n) is 9.73. The van der Waals surface area contributed by atoms with Gasteiger partial charge in [-0.3, -0.25) is 0 Å². The molecule has 0 amide bonds. The van der Waals surface area contributed by atoms with Crippen molar-refractivity contribution in [2.24, 2.45) is 0 Å². The van der Waals surface area contributed by atoms with Crippen LogP contribution in [0.15, 0.2) is 93.9 Å². The maximum atomic E-state index is 12.0. The van der Waals surface area contributed by atoms with E-state index in [1.807, 2.05) is 54.6 Å². The van der Waals surface area contributed by atoms with Gasteiger partial charge in [-0.15, -0.1) is 0 Å². The fourth-order valence-corrected chi connectivity index (χ4v) is 5.39. The van der Waals surface area contributed by atoms with Gasteiger partial charge in [0.05, 0.1) is 54.9 Å². The van der Waals surface area contributed by atoms with Crippen LogP contribution in [0.3, 0.4) is 0 Å². The molecule has 48 heavy (non-hydrogen) atoms. The topological polar surface area (TPSA) is 170 Å². The molecule has 2 aromatic heterocycles. The number of carbonyl (C=O) groups excluding carboxylic acids is 2. The highest BCUT2D eigenvalue weighted by molar-refractivity contribution is 9.10. The normalized spacial score (nSPS) is 10.3. The molecule has 0 fully saturated rings. The number of nitrogens with zero attached hydrogens (tertiary/aromatic N) is 5. The van der Waals surface area contributed by atoms with Crippen molar-refractivity contribution in [2.75, 3.05) is 14.2 Å². The number of carbonyl (C=O) groups is 3. The minimum absolute atomic E-state index is 0.0746. The summed E-state index contributed by atoms with van der Waals surface area (Å²) in [6.45, 7) is 1.33. The third-order valence-corrected chi connectivity index (χ3v) is 7.70. The summed E-state index contributed by atoms with van der Waals surface area (Å²) in [5, 5.41) is 35.5. The molecule has 0 radical (unpaired) electrons. The molecule has 0 spiro atoms. The zero-order valence-electron chi connectivity index (χ0n) is 25.7. The Kier molecular flexibility index (Phi) is 11.8. The van der Waals surface area contributed by atoms with E-state index in [2.05, 4.69) is 42.1 Å². The van der Waals surface area contributed by atoms with Crippen molar-refractivity contribution in [3.8, 4) is 17.4 Å². The van der Waals surface area contributed by atoms with Crippen molar-refractivity contribution in [1.29, 1.82) is 5.26 Å². The van der Waals surface area contributed by atoms with Gasteiger partial charge in [-0.1, -0.05) is 50.1 Å². The van der Waals surface area contributed by atoms with E-state index in [-0.39, 0.29) is 23.6 Å². The quantitative estimate of drug-likeness (QED) is 0.170. The first-order chi connectivity index (χ1) is 23.1. The highest BCUT2D eigenvalue weighted by Gasteiger charge is 2.21. The van der Waals surface area contributed by atoms with Crippen LogP contribution in [0.4, 0.5) is 0 Å². The van der Waals surface area contributed by atoms with Crippen molar-refractivity contribution in [2.45, 2.75) is 13.5 Å². The molecule has 244 valence electrons. The molecule has 2 heterocycles. The molecular weight excluding hydrogens is 750 g/mol. The zero-order valence-corrected chi connectivity index (χ0v) is 28.9. The Morgan fingerprint density at radius 1 is 0.771 bits per heavy atom. The standard InChI is InChI=1S/C16H11BrN2O4.C16H13BrN2O3.C2H3N/c1-23-16(22)14-12-7-9(15(20)21)5-6-13(12)19(18-14)11-4-2-3-10(17)8-11;1-22-16(21)15-13-7-10(9-20)5-6-14(13)19(18-15)12-4-2-3-11(17)8-12;1-2-3/h2-8H,1H3,(H,20,21);2-8,20H,9H2,1H3;1H3. The lowest BCUT2D eigenvalue weighted by molar-refractivity contribution is 0.0587. The summed E-state index contributed by atoms with van der Waals surface area (Å²) in [6, 6.07) is 26.7. The van der Waals surface area contributed by atoms with Gasteiger partial charge in [-0.2, -0.15) is 15.5 Å². The van der Waals surface area contributed by atoms with E-state index in [0.717, 1.165) is 25.8 Å². The number of hydrogen-bond donors (Lipinski definition) is 2. The molecule has 0 unspecified atom stereocenters. The van der Waals surface area contributed by atoms with E-state index >= 15 is 0 Å². The van der Waals surface area contributed by atoms with Crippen molar-refractivity contribution in [1.82, 2.24) is 19.6 Å². The van der Waals surface area contributed by atoms with Crippen LogP contribution in [0, 0.1) is 11.3 Å². The van der Waals surface area contributed by atoms with Gasteiger partial charge < -0.3 is 19.7 Å². The first-order valence-corrected chi connectivity index (χ1v) is 15.5. The highest BCUT2D eigenvalue weighted by atomic mass is 79.9. The molecule has 0 atom stereocenters. The molecule has 14 heteroatoms. The van der Waals surface area contributed by atoms with Gasteiger partial charge in [-0.05, 0) is 72.3 Å². The third kappa shape index (κ3) is 7.77. The zero-order chi connectivity index (χ0) is 35.0. The van der Waals surface area contributed by atoms with Gasteiger partial charge in [-0.25, -0.2) is 23.7 Å². The molecule has 6 aromatic rings. The average molecular weight is 777 g/mol. The highest BCUT2D eigenvalue weighted by Crippen LogP contribution is 2.27. The van der Waals surface area contributed by atoms with Crippen LogP contribution in [0.5, 0.6) is 0 Å². The SMILES string of the molecule is CC#N.COC(=O)c1nn(-c2cccc(Br)c2)c2ccc(C(=O)O)cc12.COC(=O)c1nn(-c2cccc(Br)c2)c2ccc(CO)cc12. The number of rotatable bonds is 6. The second kappa shape index (κ2) is 16.0. The summed E-state index contributed by atoms with van der Waals surface area (Å²) in [5.41, 5.74) is 4.05. The van der Waals surface area contributed by atoms with Gasteiger partial charge in [0.15, 0.2) is 11.4 Å². The second-order valence-corrected chi connectivity index (χ2v) is 11.6. The summed E-state index contributed by atoms with van der Waals surface area (Å²) in [7, 11) is 2.58. The van der Waals surface area contributed by atoms with Crippen molar-refractivity contribution < 1.29 is 34.1 Å². The van der Waals surface area contributed by atoms with Crippen molar-refractivity contribution in [3.05, 3.63) is 116 Å². The van der Waals surface area contributed by atoms with Crippen molar-refractivity contribution in [3.63, 3.8) is 0 Å². The van der Waals surface area contributed by atoms with Gasteiger partial charge in [0.2, 0.25) is 0 Å². The van der Waals surface area contributed by atoms with E-state index in [0.29, 0.717) is 21.9 Å². The van der Waals surface area contributed by atoms with E-state index in [4.69, 9.17) is 19.8 Å². The monoisotopic (exact) mass is 775 g/mol. The Labute approximate surface area is 291 Å². The largest absolute Gasteiger partial charge is 0.478 e. The number of halogens is 2. The van der Waals surface area contributed by atoms with E-state index < -0.39 is 17.9 Å². The molecule has 0 aliphatic rings. The van der Waals surface area contributed by atoms with E-state index in [1.165, 1.54) is 33.3 Å². The number of nitriles is 1. The molecular formula is C34H27Br2N5O7. The van der Waals surface area contributed by atoms with Gasteiger partial charge >= 0.3 is 17.9 Å². The minimum Gasteiger partial charge on any atom is -0.478 e. The van der Waals surface area contributed by atoms with Crippen LogP contribution in [0.1, 0.15) is 43.8 Å². The third-order valence-electron chi connectivity index (χ3n) is 6.72. The first kappa shape index (κ1) is 35.5. The number of aromatic nitrogens is 4. The molecule has 0 aliphatic carbocycles. The molecule has 0 aliphatic heterocycles. The molecule has 0 saturated carbocycles. The number of carboxylic acids is 1. The summed E-state index contributed by atoms with van der Waals surface area (Å²) >= 11 is 6.82. The number of ether oxygens (including phenoxy) is 2. The Morgan fingerprint density at radius 3 is 1.65 bits per heavy atom. The molecule has 2 N–H and O–H groups in total. The number of aliphatic hydroxyl groups excluding tert-OH is 1. The van der Waals surface area contributed by atoms with Gasteiger partial charge in [0.25, 0.3) is 0 Å². The molecule has 0 bridgehead atoms. The number of esters is 2. The summed E-state index contributed by atoms with van der Waals surface area (Å²) < 4.78 is 14.6. The number of carboxylic acid groups (broad SMARTS) is 1. The van der Waals surface area contributed by atoms with Crippen molar-refractivity contribution >= 4 is 71.6 Å². The van der Waals surface area contributed by atoms with Crippen LogP contribution in [0.2, 0.25) is 0 Å². The summed E-state index contributed by atoms with van der Waals surface area (Å²) in [4.78, 5) is 35.1. The average Bonchev–Trinajstić information content (AvgIpc) is 3.67. The molecule has 12 nitrogen and oxygen atoms in total. The first-order valence-electron chi connectivity index (χ1n) is 13.9. The smallest absolute Gasteiger partial charge is 0.359 e. The number of fused-ring (bicyclic) bond motifs is 2. The molecule has 0 saturated heterocycles. The maximum absolute atomic E-state index is 12.0. The lowest BCUT2D eigenvalue weighted by atomic mass is 10.1. The van der Waals surface area contributed by atoms with Gasteiger partial charge in [0, 0.05) is 26.6 Å². The fraction of sp³-hybridized carbons (Fsp3) is 0.118. The number of aliphatic hydroxyl groups is 1. The Bertz CT molecular complexity index is 2190. The minimum atomic E-state index is -1.07. The number of benzene rings is 4. The maximum Gasteiger partial charge on any atom is 0.359 e. The van der Waals surface area contributed by atoms with Crippen LogP contribution >= 0.6 is 31.9 Å². The van der Waals surface area contributed by atoms with Crippen LogP contribution < -0.4 is 0 Å². The predicted molar refractivity (Wildman–Crippen MR) is 184 cm³/mol. The Morgan fingerprint density at radius 2 is 1.23 bits per heavy atom. The van der Waals surface area contributed by atoms with Crippen LogP contribution in [-0.2, 0) is 16.1 Å². The van der Waals surface area contributed by atoms with Crippen LogP contribution in [-0.4, -0.2) is 61.9 Å². The summed E-state index contributed by atoms with van der Waals surface area (Å²) in [6.07, 6.45) is 0. The summed E-state index contributed by atoms with van der Waals surface area (Å²) in [5.74, 6) is -2.20. The Balaban J connectivity index is 0.000000201. The van der Waals surface area contributed by atoms with E-state index in [9.17, 15) is 19.5 Å². The lowest BCUT2D eigenvalue weighted by Gasteiger charge is -2.04. The number of methoxy groups -OCH3 is 2. The van der Waals surface area contributed by atoms with Gasteiger partial charge in [0.1, 0.15) is 0 Å². The van der Waals surface area contributed by atoms with Crippen LogP contribution in [0.25, 0.3) is 33.2 Å². The lowest BCUT2D eigenvalue weighted by Crippen LogP contribution is -2.04. The number of aromatic carboxylic acids is 1. The number of hydrogen-bond acceptors (Lipinski definition) is 9. The van der Waals surface area contributed by atoms with E-state index in [1.54, 1.807) is 33.6 Å².